The molecule has 166 valence electrons. The molecule has 0 saturated heterocycles. The first-order valence-corrected chi connectivity index (χ1v) is 12.3. The second kappa shape index (κ2) is 8.89. The summed E-state index contributed by atoms with van der Waals surface area (Å²) in [6, 6.07) is 13.4. The Morgan fingerprint density at radius 3 is 2.66 bits per heavy atom. The zero-order valence-electron chi connectivity index (χ0n) is 16.7. The third kappa shape index (κ3) is 4.34. The van der Waals surface area contributed by atoms with E-state index in [0.717, 1.165) is 22.4 Å². The molecule has 0 radical (unpaired) electrons. The van der Waals surface area contributed by atoms with Gasteiger partial charge in [0.25, 0.3) is 15.7 Å². The molecule has 4 rings (SSSR count). The Bertz CT molecular complexity index is 1280. The van der Waals surface area contributed by atoms with E-state index in [2.05, 4.69) is 0 Å². The van der Waals surface area contributed by atoms with E-state index in [1.165, 1.54) is 17.0 Å². The second-order valence-corrected chi connectivity index (χ2v) is 10.4. The molecule has 32 heavy (non-hydrogen) atoms. The molecule has 0 N–H and O–H groups in total. The van der Waals surface area contributed by atoms with Crippen molar-refractivity contribution < 1.29 is 18.1 Å². The van der Waals surface area contributed by atoms with Gasteiger partial charge in [-0.2, -0.15) is 0 Å². The average molecular weight is 492 g/mol. The maximum absolute atomic E-state index is 13.5. The molecule has 0 saturated carbocycles. The van der Waals surface area contributed by atoms with E-state index in [-0.39, 0.29) is 21.5 Å². The fraction of sp³-hybridized carbons (Fsp3) is 0.190. The van der Waals surface area contributed by atoms with Crippen LogP contribution in [0.15, 0.2) is 64.9 Å². The Labute approximate surface area is 193 Å². The van der Waals surface area contributed by atoms with Crippen molar-refractivity contribution in [2.75, 3.05) is 17.4 Å². The van der Waals surface area contributed by atoms with Gasteiger partial charge in [-0.3, -0.25) is 19.2 Å². The second-order valence-electron chi connectivity index (χ2n) is 7.15. The molecule has 1 aromatic heterocycles. The summed E-state index contributed by atoms with van der Waals surface area (Å²) < 4.78 is 27.9. The van der Waals surface area contributed by atoms with Gasteiger partial charge in [0.2, 0.25) is 5.91 Å². The van der Waals surface area contributed by atoms with E-state index in [9.17, 15) is 23.3 Å². The first kappa shape index (κ1) is 22.3. The van der Waals surface area contributed by atoms with Gasteiger partial charge in [-0.05, 0) is 47.7 Å². The Hall–Kier alpha value is -2.95. The molecule has 3 aromatic rings. The van der Waals surface area contributed by atoms with Crippen molar-refractivity contribution in [1.82, 2.24) is 4.90 Å². The van der Waals surface area contributed by atoms with Crippen molar-refractivity contribution in [2.45, 2.75) is 17.9 Å². The van der Waals surface area contributed by atoms with E-state index in [0.29, 0.717) is 13.1 Å². The maximum atomic E-state index is 13.5. The van der Waals surface area contributed by atoms with Gasteiger partial charge in [0.05, 0.1) is 15.5 Å². The van der Waals surface area contributed by atoms with Crippen molar-refractivity contribution in [1.29, 1.82) is 0 Å². The van der Waals surface area contributed by atoms with Crippen LogP contribution in [0, 0.1) is 10.1 Å². The van der Waals surface area contributed by atoms with Gasteiger partial charge in [0, 0.05) is 24.0 Å². The topological polar surface area (TPSA) is 101 Å². The summed E-state index contributed by atoms with van der Waals surface area (Å²) in [4.78, 5) is 26.2. The molecule has 2 aromatic carbocycles. The smallest absolute Gasteiger partial charge is 0.289 e. The minimum atomic E-state index is -4.29. The van der Waals surface area contributed by atoms with E-state index < -0.39 is 27.2 Å². The molecule has 0 unspecified atom stereocenters. The predicted octanol–water partition coefficient (Wildman–Crippen LogP) is 4.09. The highest BCUT2D eigenvalue weighted by atomic mass is 35.5. The van der Waals surface area contributed by atoms with Crippen LogP contribution < -0.4 is 4.31 Å². The van der Waals surface area contributed by atoms with Crippen LogP contribution in [-0.4, -0.2) is 37.2 Å². The summed E-state index contributed by atoms with van der Waals surface area (Å²) in [5.41, 5.74) is 0.830. The molecular weight excluding hydrogens is 474 g/mol. The summed E-state index contributed by atoms with van der Waals surface area (Å²) in [6.45, 7) is 0.496. The summed E-state index contributed by atoms with van der Waals surface area (Å²) in [7, 11) is -4.29. The molecule has 1 amide bonds. The van der Waals surface area contributed by atoms with Crippen molar-refractivity contribution in [3.8, 4) is 0 Å². The molecule has 1 aliphatic rings. The van der Waals surface area contributed by atoms with Crippen molar-refractivity contribution >= 4 is 50.2 Å². The van der Waals surface area contributed by atoms with Crippen LogP contribution in [0.2, 0.25) is 5.02 Å². The predicted molar refractivity (Wildman–Crippen MR) is 123 cm³/mol. The van der Waals surface area contributed by atoms with E-state index in [1.54, 1.807) is 46.6 Å². The Kier molecular flexibility index (Phi) is 6.18. The lowest BCUT2D eigenvalue weighted by Gasteiger charge is -2.30. The standard InChI is InChI=1S/C21H18ClN3O5S2/c22-18-7-6-17(12-19(18)25(27)28)32(29,30)24(16-4-2-1-3-5-16)14-21(26)23-10-8-20-15(13-23)9-11-31-20/h1-7,9,11-12H,8,10,13-14H2. The zero-order chi connectivity index (χ0) is 22.9. The van der Waals surface area contributed by atoms with Crippen molar-refractivity contribution in [2.24, 2.45) is 0 Å². The molecule has 0 bridgehead atoms. The van der Waals surface area contributed by atoms with Gasteiger partial charge in [0.1, 0.15) is 11.6 Å². The van der Waals surface area contributed by atoms with Crippen LogP contribution in [0.4, 0.5) is 11.4 Å². The molecular formula is C21H18ClN3O5S2. The number of anilines is 1. The number of hydrogen-bond donors (Lipinski definition) is 0. The average Bonchev–Trinajstić information content (AvgIpc) is 3.25. The first-order valence-electron chi connectivity index (χ1n) is 9.62. The number of sulfonamides is 1. The summed E-state index contributed by atoms with van der Waals surface area (Å²) in [6.07, 6.45) is 0.722. The number of carbonyl (C=O) groups excluding carboxylic acids is 1. The monoisotopic (exact) mass is 491 g/mol. The Morgan fingerprint density at radius 1 is 1.19 bits per heavy atom. The number of halogens is 1. The number of hydrogen-bond acceptors (Lipinski definition) is 6. The van der Waals surface area contributed by atoms with Crippen molar-refractivity contribution in [3.63, 3.8) is 0 Å². The van der Waals surface area contributed by atoms with Gasteiger partial charge in [0.15, 0.2) is 0 Å². The molecule has 0 aliphatic carbocycles. The van der Waals surface area contributed by atoms with Gasteiger partial charge in [-0.15, -0.1) is 11.3 Å². The zero-order valence-corrected chi connectivity index (χ0v) is 19.1. The van der Waals surface area contributed by atoms with Gasteiger partial charge >= 0.3 is 0 Å². The lowest BCUT2D eigenvalue weighted by atomic mass is 10.1. The number of nitrogens with zero attached hydrogens (tertiary/aromatic N) is 3. The number of rotatable bonds is 6. The van der Waals surface area contributed by atoms with Gasteiger partial charge in [-0.1, -0.05) is 29.8 Å². The SMILES string of the molecule is O=C(CN(c1ccccc1)S(=O)(=O)c1ccc(Cl)c([N+](=O)[O-])c1)N1CCc2sccc2C1. The number of thiophene rings is 1. The fourth-order valence-corrected chi connectivity index (χ4v) is 6.02. The van der Waals surface area contributed by atoms with Crippen LogP contribution in [-0.2, 0) is 27.8 Å². The summed E-state index contributed by atoms with van der Waals surface area (Å²) >= 11 is 7.49. The minimum absolute atomic E-state index is 0.170. The lowest BCUT2D eigenvalue weighted by Crippen LogP contribution is -2.44. The van der Waals surface area contributed by atoms with E-state index in [1.807, 2.05) is 11.4 Å². The first-order chi connectivity index (χ1) is 15.3. The molecule has 0 spiro atoms. The normalized spacial score (nSPS) is 13.5. The largest absolute Gasteiger partial charge is 0.336 e. The number of carbonyl (C=O) groups is 1. The molecule has 2 heterocycles. The minimum Gasteiger partial charge on any atom is -0.336 e. The van der Waals surface area contributed by atoms with E-state index >= 15 is 0 Å². The highest BCUT2D eigenvalue weighted by Crippen LogP contribution is 2.31. The van der Waals surface area contributed by atoms with Crippen LogP contribution in [0.1, 0.15) is 10.4 Å². The fourth-order valence-electron chi connectivity index (χ4n) is 3.51. The lowest BCUT2D eigenvalue weighted by molar-refractivity contribution is -0.384. The number of nitro benzene ring substituents is 1. The highest BCUT2D eigenvalue weighted by Gasteiger charge is 2.31. The summed E-state index contributed by atoms with van der Waals surface area (Å²) in [5.74, 6) is -0.349. The van der Waals surface area contributed by atoms with Crippen LogP contribution >= 0.6 is 22.9 Å². The number of fused-ring (bicyclic) bond motifs is 1. The Morgan fingerprint density at radius 2 is 1.94 bits per heavy atom. The number of para-hydroxylation sites is 1. The van der Waals surface area contributed by atoms with Gasteiger partial charge < -0.3 is 4.90 Å². The molecule has 11 heteroatoms. The van der Waals surface area contributed by atoms with E-state index in [4.69, 9.17) is 11.6 Å². The van der Waals surface area contributed by atoms with Crippen molar-refractivity contribution in [3.05, 3.63) is 85.6 Å². The molecule has 8 nitrogen and oxygen atoms in total. The van der Waals surface area contributed by atoms with Crippen LogP contribution in [0.3, 0.4) is 0 Å². The highest BCUT2D eigenvalue weighted by molar-refractivity contribution is 7.92. The molecule has 1 aliphatic heterocycles. The Balaban J connectivity index is 1.68. The number of amides is 1. The quantitative estimate of drug-likeness (QED) is 0.382. The number of nitro groups is 1. The third-order valence-corrected chi connectivity index (χ3v) is 8.30. The summed E-state index contributed by atoms with van der Waals surface area (Å²) in [5, 5.41) is 13.1. The van der Waals surface area contributed by atoms with Crippen LogP contribution in [0.25, 0.3) is 0 Å². The molecule has 0 atom stereocenters. The number of benzene rings is 2. The maximum Gasteiger partial charge on any atom is 0.289 e. The van der Waals surface area contributed by atoms with Gasteiger partial charge in [-0.25, -0.2) is 8.42 Å². The third-order valence-electron chi connectivity index (χ3n) is 5.19. The van der Waals surface area contributed by atoms with Crippen LogP contribution in [0.5, 0.6) is 0 Å². The molecule has 0 fully saturated rings.